The molecule has 1 heterocycles. The normalized spacial score (nSPS) is 17.6. The van der Waals surface area contributed by atoms with Gasteiger partial charge in [-0.15, -0.1) is 0 Å². The number of benzene rings is 3. The predicted octanol–water partition coefficient (Wildman–Crippen LogP) is 4.53. The quantitative estimate of drug-likeness (QED) is 0.0949. The Hall–Kier alpha value is -4.42. The number of nitrogens with one attached hydrogen (secondary N) is 1. The van der Waals surface area contributed by atoms with Gasteiger partial charge >= 0.3 is 0 Å². The summed E-state index contributed by atoms with van der Waals surface area (Å²) in [5.41, 5.74) is 9.06. The van der Waals surface area contributed by atoms with E-state index in [0.29, 0.717) is 48.5 Å². The number of azide groups is 1. The molecule has 12 nitrogen and oxygen atoms in total. The van der Waals surface area contributed by atoms with E-state index in [9.17, 15) is 13.2 Å². The van der Waals surface area contributed by atoms with Gasteiger partial charge in [-0.05, 0) is 59.5 Å². The van der Waals surface area contributed by atoms with E-state index in [4.69, 9.17) is 29.8 Å². The van der Waals surface area contributed by atoms with Crippen molar-refractivity contribution in [2.75, 3.05) is 39.2 Å². The van der Waals surface area contributed by atoms with E-state index in [-0.39, 0.29) is 42.7 Å². The molecular formula is C32H37N5O7S. The standard InChI is InChI=1S/C32H37N5O7S/c1-42-20-7-18-34-31(39)32(17-22-45(40,41)27-10-3-2-4-11-27)29(28-12-6-5-9-25(28)23-35-37-33)44-30(36-32)24-13-15-26(16-14-24)43-21-8-19-38/h2-6,9-16,29,38H,7-8,17-23H2,1H3,(H,34,39)/t29-,32-/m0/s1. The summed E-state index contributed by atoms with van der Waals surface area (Å²) in [7, 11) is -2.23. The van der Waals surface area contributed by atoms with Crippen LogP contribution in [0.15, 0.2) is 93.9 Å². The molecule has 0 saturated heterocycles. The van der Waals surface area contributed by atoms with Crippen molar-refractivity contribution < 1.29 is 32.5 Å². The third kappa shape index (κ3) is 8.40. The van der Waals surface area contributed by atoms with Gasteiger partial charge in [0, 0.05) is 50.2 Å². The number of hydrogen-bond acceptors (Lipinski definition) is 9. The summed E-state index contributed by atoms with van der Waals surface area (Å²) in [6, 6.07) is 22.1. The van der Waals surface area contributed by atoms with Crippen molar-refractivity contribution in [2.45, 2.75) is 42.3 Å². The van der Waals surface area contributed by atoms with E-state index in [2.05, 4.69) is 15.3 Å². The predicted molar refractivity (Wildman–Crippen MR) is 169 cm³/mol. The molecule has 13 heteroatoms. The third-order valence-electron chi connectivity index (χ3n) is 7.34. The molecule has 0 aliphatic carbocycles. The monoisotopic (exact) mass is 635 g/mol. The first-order valence-electron chi connectivity index (χ1n) is 14.6. The fraction of sp³-hybridized carbons (Fsp3) is 0.375. The van der Waals surface area contributed by atoms with Crippen LogP contribution < -0.4 is 10.1 Å². The topological polar surface area (TPSA) is 172 Å². The van der Waals surface area contributed by atoms with Crippen molar-refractivity contribution in [3.63, 3.8) is 0 Å². The Balaban J connectivity index is 1.80. The molecule has 1 aliphatic rings. The Labute approximate surface area is 262 Å². The summed E-state index contributed by atoms with van der Waals surface area (Å²) in [4.78, 5) is 22.1. The highest BCUT2D eigenvalue weighted by atomic mass is 32.2. The summed E-state index contributed by atoms with van der Waals surface area (Å²) in [5, 5.41) is 15.7. The number of rotatable bonds is 17. The minimum atomic E-state index is -3.80. The Morgan fingerprint density at radius 2 is 1.80 bits per heavy atom. The number of methoxy groups -OCH3 is 1. The third-order valence-corrected chi connectivity index (χ3v) is 9.07. The number of carbonyl (C=O) groups excluding carboxylic acids is 1. The fourth-order valence-corrected chi connectivity index (χ4v) is 6.38. The molecule has 0 radical (unpaired) electrons. The van der Waals surface area contributed by atoms with Crippen molar-refractivity contribution in [3.8, 4) is 5.75 Å². The Kier molecular flexibility index (Phi) is 11.9. The molecule has 3 aromatic rings. The van der Waals surface area contributed by atoms with Crippen LogP contribution in [0.3, 0.4) is 0 Å². The first-order valence-corrected chi connectivity index (χ1v) is 16.2. The van der Waals surface area contributed by atoms with Gasteiger partial charge in [0.05, 0.1) is 23.8 Å². The van der Waals surface area contributed by atoms with Crippen molar-refractivity contribution in [3.05, 3.63) is 106 Å². The number of amides is 1. The second-order valence-corrected chi connectivity index (χ2v) is 12.5. The van der Waals surface area contributed by atoms with Gasteiger partial charge in [-0.2, -0.15) is 0 Å². The number of aliphatic hydroxyl groups excluding tert-OH is 1. The Morgan fingerprint density at radius 1 is 1.07 bits per heavy atom. The molecule has 1 amide bonds. The van der Waals surface area contributed by atoms with Crippen LogP contribution in [0.25, 0.3) is 10.4 Å². The maximum atomic E-state index is 14.2. The zero-order valence-electron chi connectivity index (χ0n) is 25.0. The lowest BCUT2D eigenvalue weighted by Gasteiger charge is -2.31. The molecule has 3 aromatic carbocycles. The van der Waals surface area contributed by atoms with Crippen molar-refractivity contribution in [1.29, 1.82) is 0 Å². The Bertz CT molecular complexity index is 1610. The van der Waals surface area contributed by atoms with Crippen LogP contribution in [0.2, 0.25) is 0 Å². The smallest absolute Gasteiger partial charge is 0.252 e. The summed E-state index contributed by atoms with van der Waals surface area (Å²) < 4.78 is 44.2. The average molecular weight is 636 g/mol. The number of ether oxygens (including phenoxy) is 3. The first-order chi connectivity index (χ1) is 21.8. The first kappa shape index (κ1) is 33.5. The molecule has 0 fully saturated rings. The van der Waals surface area contributed by atoms with E-state index >= 15 is 0 Å². The van der Waals surface area contributed by atoms with E-state index < -0.39 is 27.4 Å². The lowest BCUT2D eigenvalue weighted by Crippen LogP contribution is -2.49. The van der Waals surface area contributed by atoms with Gasteiger partial charge in [0.25, 0.3) is 5.91 Å². The number of aliphatic imine (C=N–C) groups is 1. The molecule has 1 aliphatic heterocycles. The van der Waals surface area contributed by atoms with Crippen molar-refractivity contribution >= 4 is 21.6 Å². The van der Waals surface area contributed by atoms with E-state index in [1.807, 2.05) is 0 Å². The highest BCUT2D eigenvalue weighted by Gasteiger charge is 2.54. The Morgan fingerprint density at radius 3 is 2.51 bits per heavy atom. The molecule has 0 aromatic heterocycles. The van der Waals surface area contributed by atoms with Gasteiger partial charge in [-0.1, -0.05) is 47.6 Å². The molecular weight excluding hydrogens is 598 g/mol. The van der Waals surface area contributed by atoms with Crippen molar-refractivity contribution in [2.24, 2.45) is 10.1 Å². The largest absolute Gasteiger partial charge is 0.494 e. The number of hydrogen-bond donors (Lipinski definition) is 2. The van der Waals surface area contributed by atoms with Crippen LogP contribution in [-0.2, 0) is 30.7 Å². The maximum absolute atomic E-state index is 14.2. The van der Waals surface area contributed by atoms with Crippen LogP contribution in [0.4, 0.5) is 0 Å². The van der Waals surface area contributed by atoms with Gasteiger partial charge in [0.15, 0.2) is 21.5 Å². The van der Waals surface area contributed by atoms with Gasteiger partial charge < -0.3 is 24.6 Å². The van der Waals surface area contributed by atoms with E-state index in [0.717, 1.165) is 0 Å². The minimum Gasteiger partial charge on any atom is -0.494 e. The molecule has 4 rings (SSSR count). The zero-order chi connectivity index (χ0) is 32.1. The van der Waals surface area contributed by atoms with Gasteiger partial charge in [0.2, 0.25) is 5.90 Å². The number of aliphatic hydroxyl groups is 1. The highest BCUT2D eigenvalue weighted by Crippen LogP contribution is 2.44. The summed E-state index contributed by atoms with van der Waals surface area (Å²) in [6.45, 7) is 1.06. The van der Waals surface area contributed by atoms with E-state index in [1.165, 1.54) is 12.1 Å². The molecule has 0 bridgehead atoms. The minimum absolute atomic E-state index is 0.00437. The fourth-order valence-electron chi connectivity index (χ4n) is 5.00. The summed E-state index contributed by atoms with van der Waals surface area (Å²) in [5.74, 6) is -0.137. The van der Waals surface area contributed by atoms with Gasteiger partial charge in [0.1, 0.15) is 5.75 Å². The van der Waals surface area contributed by atoms with Gasteiger partial charge in [-0.3, -0.25) is 4.79 Å². The molecule has 45 heavy (non-hydrogen) atoms. The van der Waals surface area contributed by atoms with Crippen LogP contribution in [0.1, 0.15) is 42.1 Å². The van der Waals surface area contributed by atoms with Crippen LogP contribution in [0, 0.1) is 0 Å². The van der Waals surface area contributed by atoms with E-state index in [1.54, 1.807) is 73.8 Å². The van der Waals surface area contributed by atoms with Gasteiger partial charge in [-0.25, -0.2) is 13.4 Å². The number of nitrogens with zero attached hydrogens (tertiary/aromatic N) is 4. The second-order valence-electron chi connectivity index (χ2n) is 10.4. The molecule has 2 atom stereocenters. The molecule has 0 saturated carbocycles. The molecule has 2 N–H and O–H groups in total. The van der Waals surface area contributed by atoms with Crippen LogP contribution in [-0.4, -0.2) is 70.1 Å². The molecule has 0 unspecified atom stereocenters. The zero-order valence-corrected chi connectivity index (χ0v) is 25.9. The lowest BCUT2D eigenvalue weighted by molar-refractivity contribution is -0.129. The molecule has 238 valence electrons. The maximum Gasteiger partial charge on any atom is 0.252 e. The highest BCUT2D eigenvalue weighted by molar-refractivity contribution is 7.91. The molecule has 0 spiro atoms. The SMILES string of the molecule is COCCCNC(=O)[C@@]1(CCS(=O)(=O)c2ccccc2)N=C(c2ccc(OCCCO)cc2)O[C@H]1c1ccccc1CN=[N+]=[N-]. The average Bonchev–Trinajstić information content (AvgIpc) is 3.46. The number of sulfone groups is 1. The summed E-state index contributed by atoms with van der Waals surface area (Å²) in [6.07, 6.45) is -0.199. The lowest BCUT2D eigenvalue weighted by atomic mass is 9.83. The van der Waals surface area contributed by atoms with Crippen LogP contribution >= 0.6 is 0 Å². The summed E-state index contributed by atoms with van der Waals surface area (Å²) >= 11 is 0. The van der Waals surface area contributed by atoms with Crippen LogP contribution in [0.5, 0.6) is 5.75 Å². The second kappa shape index (κ2) is 16.1. The number of carbonyl (C=O) groups is 1. The van der Waals surface area contributed by atoms with Crippen molar-refractivity contribution in [1.82, 2.24) is 5.32 Å².